The van der Waals surface area contributed by atoms with Crippen molar-refractivity contribution in [2.45, 2.75) is 25.8 Å². The summed E-state index contributed by atoms with van der Waals surface area (Å²) in [6.07, 6.45) is 8.73. The third-order valence-corrected chi connectivity index (χ3v) is 9.23. The SMILES string of the molecule is C#C/C=C\C#C[Si](c1ccccc1)(c1ccccc1)C(C)(C)C. The molecule has 0 radical (unpaired) electrons. The van der Waals surface area contributed by atoms with E-state index >= 15 is 0 Å². The van der Waals surface area contributed by atoms with Crippen molar-refractivity contribution < 1.29 is 0 Å². The van der Waals surface area contributed by atoms with Crippen LogP contribution in [0.1, 0.15) is 20.8 Å². The van der Waals surface area contributed by atoms with Crippen LogP contribution in [0.3, 0.4) is 0 Å². The first kappa shape index (κ1) is 16.9. The van der Waals surface area contributed by atoms with Gasteiger partial charge in [0, 0.05) is 0 Å². The minimum Gasteiger partial charge on any atom is -0.115 e. The van der Waals surface area contributed by atoms with Gasteiger partial charge in [0.2, 0.25) is 8.07 Å². The van der Waals surface area contributed by atoms with E-state index < -0.39 is 8.07 Å². The fourth-order valence-corrected chi connectivity index (χ4v) is 7.39. The molecule has 0 saturated heterocycles. The van der Waals surface area contributed by atoms with Crippen molar-refractivity contribution in [3.8, 4) is 23.8 Å². The molecule has 0 aliphatic heterocycles. The number of terminal acetylenes is 1. The Morgan fingerprint density at radius 3 is 1.70 bits per heavy atom. The zero-order valence-electron chi connectivity index (χ0n) is 14.0. The van der Waals surface area contributed by atoms with E-state index in [1.54, 1.807) is 12.2 Å². The monoisotopic (exact) mass is 314 g/mol. The smallest absolute Gasteiger partial charge is 0.115 e. The zero-order chi connectivity index (χ0) is 16.8. The Balaban J connectivity index is 2.77. The van der Waals surface area contributed by atoms with Gasteiger partial charge in [-0.25, -0.2) is 0 Å². The van der Waals surface area contributed by atoms with Crippen LogP contribution in [0.4, 0.5) is 0 Å². The molecule has 114 valence electrons. The van der Waals surface area contributed by atoms with Crippen molar-refractivity contribution in [2.75, 3.05) is 0 Å². The molecule has 0 amide bonds. The highest BCUT2D eigenvalue weighted by Gasteiger charge is 2.46. The second kappa shape index (κ2) is 7.19. The molecule has 0 aromatic heterocycles. The molecule has 0 aliphatic carbocycles. The fraction of sp³-hybridized carbons (Fsp3) is 0.182. The summed E-state index contributed by atoms with van der Waals surface area (Å²) in [5, 5.41) is 2.72. The van der Waals surface area contributed by atoms with Crippen LogP contribution in [0.25, 0.3) is 0 Å². The Kier molecular flexibility index (Phi) is 5.27. The molecule has 2 aromatic carbocycles. The maximum Gasteiger partial charge on any atom is 0.204 e. The number of hydrogen-bond donors (Lipinski definition) is 0. The molecule has 0 unspecified atom stereocenters. The van der Waals surface area contributed by atoms with Gasteiger partial charge in [0.25, 0.3) is 0 Å². The summed E-state index contributed by atoms with van der Waals surface area (Å²) in [5.41, 5.74) is 3.65. The van der Waals surface area contributed by atoms with Crippen molar-refractivity contribution in [2.24, 2.45) is 0 Å². The van der Waals surface area contributed by atoms with Gasteiger partial charge in [-0.1, -0.05) is 93.3 Å². The number of rotatable bonds is 2. The maximum atomic E-state index is 5.29. The van der Waals surface area contributed by atoms with Gasteiger partial charge in [-0.2, -0.15) is 0 Å². The normalized spacial score (nSPS) is 11.6. The Hall–Kier alpha value is -2.48. The molecule has 23 heavy (non-hydrogen) atoms. The van der Waals surface area contributed by atoms with Crippen molar-refractivity contribution >= 4 is 18.4 Å². The molecule has 0 saturated carbocycles. The van der Waals surface area contributed by atoms with Crippen LogP contribution in [0, 0.1) is 23.8 Å². The third kappa shape index (κ3) is 3.47. The summed E-state index contributed by atoms with van der Waals surface area (Å²) in [6.45, 7) is 6.87. The largest absolute Gasteiger partial charge is 0.204 e. The maximum absolute atomic E-state index is 5.29. The molecule has 0 spiro atoms. The van der Waals surface area contributed by atoms with Gasteiger partial charge in [-0.15, -0.1) is 12.0 Å². The van der Waals surface area contributed by atoms with E-state index in [0.29, 0.717) is 0 Å². The lowest BCUT2D eigenvalue weighted by Gasteiger charge is -2.39. The summed E-state index contributed by atoms with van der Waals surface area (Å²) in [4.78, 5) is 0. The minimum absolute atomic E-state index is 0.0483. The summed E-state index contributed by atoms with van der Waals surface area (Å²) >= 11 is 0. The van der Waals surface area contributed by atoms with Gasteiger partial charge in [0.15, 0.2) is 0 Å². The number of allylic oxidation sites excluding steroid dienone is 2. The Labute approximate surface area is 141 Å². The van der Waals surface area contributed by atoms with E-state index in [0.717, 1.165) is 0 Å². The number of benzene rings is 2. The van der Waals surface area contributed by atoms with E-state index in [1.165, 1.54) is 10.4 Å². The molecule has 0 aliphatic rings. The average molecular weight is 315 g/mol. The Bertz CT molecular complexity index is 720. The second-order valence-electron chi connectivity index (χ2n) is 6.50. The van der Waals surface area contributed by atoms with Crippen molar-refractivity contribution in [3.05, 3.63) is 72.8 Å². The van der Waals surface area contributed by atoms with Crippen LogP contribution < -0.4 is 10.4 Å². The van der Waals surface area contributed by atoms with Crippen LogP contribution in [-0.4, -0.2) is 8.07 Å². The van der Waals surface area contributed by atoms with E-state index in [4.69, 9.17) is 6.42 Å². The van der Waals surface area contributed by atoms with Crippen LogP contribution >= 0.6 is 0 Å². The first-order chi connectivity index (χ1) is 11.0. The lowest BCUT2D eigenvalue weighted by Crippen LogP contribution is -2.63. The molecule has 2 aromatic rings. The molecule has 0 N–H and O–H groups in total. The first-order valence-electron chi connectivity index (χ1n) is 7.77. The fourth-order valence-electron chi connectivity index (χ4n) is 2.98. The molecule has 1 heteroatoms. The predicted octanol–water partition coefficient (Wildman–Crippen LogP) is 3.78. The highest BCUT2D eigenvalue weighted by atomic mass is 28.3. The zero-order valence-corrected chi connectivity index (χ0v) is 15.0. The Morgan fingerprint density at radius 2 is 1.30 bits per heavy atom. The van der Waals surface area contributed by atoms with Crippen LogP contribution in [0.15, 0.2) is 72.8 Å². The molecular weight excluding hydrogens is 292 g/mol. The van der Waals surface area contributed by atoms with Crippen molar-refractivity contribution in [1.29, 1.82) is 0 Å². The van der Waals surface area contributed by atoms with Gasteiger partial charge >= 0.3 is 0 Å². The molecule has 0 heterocycles. The van der Waals surface area contributed by atoms with Gasteiger partial charge in [-0.05, 0) is 27.6 Å². The third-order valence-electron chi connectivity index (χ3n) is 4.06. The predicted molar refractivity (Wildman–Crippen MR) is 103 cm³/mol. The van der Waals surface area contributed by atoms with Crippen molar-refractivity contribution in [3.63, 3.8) is 0 Å². The summed E-state index contributed by atoms with van der Waals surface area (Å²) in [6, 6.07) is 21.4. The molecule has 2 rings (SSSR count). The topological polar surface area (TPSA) is 0 Å². The lowest BCUT2D eigenvalue weighted by molar-refractivity contribution is 0.740. The van der Waals surface area contributed by atoms with E-state index in [2.05, 4.69) is 98.8 Å². The highest BCUT2D eigenvalue weighted by Crippen LogP contribution is 2.35. The molecule has 0 bridgehead atoms. The van der Waals surface area contributed by atoms with Crippen molar-refractivity contribution in [1.82, 2.24) is 0 Å². The molecule has 0 fully saturated rings. The van der Waals surface area contributed by atoms with Gasteiger partial charge < -0.3 is 0 Å². The van der Waals surface area contributed by atoms with E-state index in [9.17, 15) is 0 Å². The van der Waals surface area contributed by atoms with Gasteiger partial charge in [0.1, 0.15) is 0 Å². The first-order valence-corrected chi connectivity index (χ1v) is 9.77. The van der Waals surface area contributed by atoms with Gasteiger partial charge in [-0.3, -0.25) is 0 Å². The summed E-state index contributed by atoms with van der Waals surface area (Å²) in [5.74, 6) is 5.72. The summed E-state index contributed by atoms with van der Waals surface area (Å²) < 4.78 is 0. The van der Waals surface area contributed by atoms with Crippen LogP contribution in [0.2, 0.25) is 5.04 Å². The minimum atomic E-state index is -2.28. The van der Waals surface area contributed by atoms with E-state index in [1.807, 2.05) is 0 Å². The Morgan fingerprint density at radius 1 is 0.826 bits per heavy atom. The summed E-state index contributed by atoms with van der Waals surface area (Å²) in [7, 11) is -2.28. The number of hydrogen-bond acceptors (Lipinski definition) is 0. The molecule has 0 atom stereocenters. The highest BCUT2D eigenvalue weighted by molar-refractivity contribution is 7.10. The molecular formula is C22H22Si. The van der Waals surface area contributed by atoms with Gasteiger partial charge in [0.05, 0.1) is 0 Å². The van der Waals surface area contributed by atoms with E-state index in [-0.39, 0.29) is 5.04 Å². The van der Waals surface area contributed by atoms with Crippen LogP contribution in [-0.2, 0) is 0 Å². The van der Waals surface area contributed by atoms with Crippen LogP contribution in [0.5, 0.6) is 0 Å². The standard InChI is InChI=1S/C22H22Si/c1-5-6-7-14-19-23(22(2,3)4,20-15-10-8-11-16-20)21-17-12-9-13-18-21/h1,6-13,15-18H,2-4H3/b7-6-. The molecule has 0 nitrogen and oxygen atoms in total. The average Bonchev–Trinajstić information content (AvgIpc) is 2.55. The second-order valence-corrected chi connectivity index (χ2v) is 10.9. The quantitative estimate of drug-likeness (QED) is 0.584. The lowest BCUT2D eigenvalue weighted by atomic mass is 10.2.